The van der Waals surface area contributed by atoms with Gasteiger partial charge >= 0.3 is 0 Å². The maximum atomic E-state index is 11.9. The van der Waals surface area contributed by atoms with Crippen molar-refractivity contribution in [1.82, 2.24) is 20.2 Å². The first-order chi connectivity index (χ1) is 11.7. The largest absolute Gasteiger partial charge is 0.345 e. The van der Waals surface area contributed by atoms with Gasteiger partial charge in [0.1, 0.15) is 11.7 Å². The number of nitrogens with one attached hydrogen (secondary N) is 2. The number of hydrogen-bond acceptors (Lipinski definition) is 5. The fraction of sp³-hybridized carbons (Fsp3) is 0.0588. The van der Waals surface area contributed by atoms with Crippen LogP contribution in [-0.2, 0) is 6.54 Å². The monoisotopic (exact) mass is 316 g/mol. The number of fused-ring (bicyclic) bond motifs is 2. The van der Waals surface area contributed by atoms with Crippen LogP contribution in [0.25, 0.3) is 32.9 Å². The molecule has 116 valence electrons. The third kappa shape index (κ3) is 2.06. The summed E-state index contributed by atoms with van der Waals surface area (Å²) in [5.41, 5.74) is 9.03. The minimum Gasteiger partial charge on any atom is -0.345 e. The van der Waals surface area contributed by atoms with E-state index in [0.717, 1.165) is 16.5 Å². The van der Waals surface area contributed by atoms with Crippen molar-refractivity contribution in [3.63, 3.8) is 0 Å². The summed E-state index contributed by atoms with van der Waals surface area (Å²) in [5.74, 6) is 0. The molecule has 0 aliphatic rings. The maximum absolute atomic E-state index is 11.9. The maximum Gasteiger partial charge on any atom is 0.272 e. The van der Waals surface area contributed by atoms with Crippen molar-refractivity contribution in [2.75, 3.05) is 0 Å². The summed E-state index contributed by atoms with van der Waals surface area (Å²) in [7, 11) is 0. The second kappa shape index (κ2) is 5.30. The molecule has 3 aromatic heterocycles. The van der Waals surface area contributed by atoms with Crippen molar-refractivity contribution in [3.05, 3.63) is 58.3 Å². The molecule has 0 spiro atoms. The minimum absolute atomic E-state index is 0.227. The first-order valence-electron chi connectivity index (χ1n) is 7.30. The van der Waals surface area contributed by atoms with Crippen LogP contribution in [0.4, 0.5) is 0 Å². The number of H-pyrrole nitrogens is 2. The SMILES string of the molecule is N#Cc1c[nH]c2ncc(-c3ccc4c(=O)[nH]nc(CN)c4c3)cc12. The molecule has 0 saturated carbocycles. The Bertz CT molecular complexity index is 1180. The van der Waals surface area contributed by atoms with Crippen LogP contribution in [0.2, 0.25) is 0 Å². The van der Waals surface area contributed by atoms with E-state index in [1.165, 1.54) is 0 Å². The Morgan fingerprint density at radius 3 is 2.79 bits per heavy atom. The van der Waals surface area contributed by atoms with Crippen LogP contribution in [0.1, 0.15) is 11.3 Å². The van der Waals surface area contributed by atoms with Gasteiger partial charge in [-0.25, -0.2) is 10.1 Å². The Balaban J connectivity index is 1.96. The summed E-state index contributed by atoms with van der Waals surface area (Å²) in [6, 6.07) is 9.51. The molecule has 4 aromatic rings. The lowest BCUT2D eigenvalue weighted by Gasteiger charge is -2.06. The van der Waals surface area contributed by atoms with Crippen LogP contribution in [0, 0.1) is 11.3 Å². The lowest BCUT2D eigenvalue weighted by Crippen LogP contribution is -2.13. The molecule has 0 radical (unpaired) electrons. The topological polar surface area (TPSA) is 124 Å². The molecule has 4 rings (SSSR count). The molecule has 0 bridgehead atoms. The number of nitrogens with zero attached hydrogens (tertiary/aromatic N) is 3. The number of benzene rings is 1. The van der Waals surface area contributed by atoms with E-state index in [1.54, 1.807) is 18.5 Å². The Labute approximate surface area is 135 Å². The molecule has 7 nitrogen and oxygen atoms in total. The van der Waals surface area contributed by atoms with Gasteiger partial charge in [0.25, 0.3) is 5.56 Å². The Kier molecular flexibility index (Phi) is 3.11. The molecule has 0 unspecified atom stereocenters. The average Bonchev–Trinajstić information content (AvgIpc) is 3.04. The van der Waals surface area contributed by atoms with Gasteiger partial charge in [0, 0.05) is 35.3 Å². The molecule has 0 amide bonds. The zero-order valence-corrected chi connectivity index (χ0v) is 12.5. The Hall–Kier alpha value is -3.50. The van der Waals surface area contributed by atoms with Crippen LogP contribution < -0.4 is 11.3 Å². The smallest absolute Gasteiger partial charge is 0.272 e. The molecule has 1 aromatic carbocycles. The summed E-state index contributed by atoms with van der Waals surface area (Å²) in [6.07, 6.45) is 3.36. The molecular weight excluding hydrogens is 304 g/mol. The van der Waals surface area contributed by atoms with Gasteiger partial charge in [0.2, 0.25) is 0 Å². The van der Waals surface area contributed by atoms with Gasteiger partial charge in [-0.2, -0.15) is 10.4 Å². The van der Waals surface area contributed by atoms with Gasteiger partial charge in [0.05, 0.1) is 16.6 Å². The summed E-state index contributed by atoms with van der Waals surface area (Å²) in [6.45, 7) is 0.227. The zero-order chi connectivity index (χ0) is 16.7. The van der Waals surface area contributed by atoms with Gasteiger partial charge in [-0.05, 0) is 23.8 Å². The Morgan fingerprint density at radius 1 is 1.17 bits per heavy atom. The number of nitriles is 1. The highest BCUT2D eigenvalue weighted by molar-refractivity contribution is 5.91. The van der Waals surface area contributed by atoms with Crippen LogP contribution in [0.15, 0.2) is 41.5 Å². The van der Waals surface area contributed by atoms with Gasteiger partial charge in [-0.1, -0.05) is 6.07 Å². The Morgan fingerprint density at radius 2 is 2.00 bits per heavy atom. The van der Waals surface area contributed by atoms with E-state index < -0.39 is 0 Å². The van der Waals surface area contributed by atoms with Gasteiger partial charge in [-0.15, -0.1) is 0 Å². The summed E-state index contributed by atoms with van der Waals surface area (Å²) < 4.78 is 0. The number of pyridine rings is 1. The van der Waals surface area contributed by atoms with E-state index in [-0.39, 0.29) is 12.1 Å². The molecule has 7 heteroatoms. The van der Waals surface area contributed by atoms with E-state index in [1.807, 2.05) is 18.2 Å². The van der Waals surface area contributed by atoms with Gasteiger partial charge < -0.3 is 10.7 Å². The highest BCUT2D eigenvalue weighted by Gasteiger charge is 2.10. The van der Waals surface area contributed by atoms with Crippen molar-refractivity contribution < 1.29 is 0 Å². The first-order valence-corrected chi connectivity index (χ1v) is 7.30. The van der Waals surface area contributed by atoms with E-state index in [9.17, 15) is 4.79 Å². The fourth-order valence-electron chi connectivity index (χ4n) is 2.81. The van der Waals surface area contributed by atoms with E-state index in [2.05, 4.69) is 26.2 Å². The van der Waals surface area contributed by atoms with Gasteiger partial charge in [0.15, 0.2) is 0 Å². The predicted octanol–water partition coefficient (Wildman–Crippen LogP) is 1.80. The minimum atomic E-state index is -0.250. The average molecular weight is 316 g/mol. The van der Waals surface area contributed by atoms with Crippen molar-refractivity contribution in [2.45, 2.75) is 6.54 Å². The van der Waals surface area contributed by atoms with Crippen molar-refractivity contribution in [2.24, 2.45) is 5.73 Å². The predicted molar refractivity (Wildman–Crippen MR) is 90.1 cm³/mol. The van der Waals surface area contributed by atoms with E-state index in [0.29, 0.717) is 27.7 Å². The summed E-state index contributed by atoms with van der Waals surface area (Å²) in [5, 5.41) is 17.6. The number of hydrogen-bond donors (Lipinski definition) is 3. The molecule has 0 aliphatic carbocycles. The molecule has 3 heterocycles. The summed E-state index contributed by atoms with van der Waals surface area (Å²) in [4.78, 5) is 19.2. The number of nitrogens with two attached hydrogens (primary N) is 1. The van der Waals surface area contributed by atoms with Crippen molar-refractivity contribution in [1.29, 1.82) is 5.26 Å². The zero-order valence-electron chi connectivity index (χ0n) is 12.5. The molecule has 24 heavy (non-hydrogen) atoms. The molecule has 0 saturated heterocycles. The lowest BCUT2D eigenvalue weighted by molar-refractivity contribution is 0.900. The van der Waals surface area contributed by atoms with Crippen molar-refractivity contribution in [3.8, 4) is 17.2 Å². The standard InChI is InChI=1S/C17H12N6O/c18-5-11-8-21-16-13(11)4-10(7-20-16)9-1-2-12-14(3-9)15(6-19)22-23-17(12)24/h1-4,7-8H,6,19H2,(H,20,21)(H,23,24). The molecule has 0 atom stereocenters. The lowest BCUT2D eigenvalue weighted by atomic mass is 10.0. The fourth-order valence-corrected chi connectivity index (χ4v) is 2.81. The van der Waals surface area contributed by atoms with E-state index in [4.69, 9.17) is 11.0 Å². The van der Waals surface area contributed by atoms with Crippen molar-refractivity contribution >= 4 is 21.8 Å². The number of aromatic nitrogens is 4. The molecule has 4 N–H and O–H groups in total. The van der Waals surface area contributed by atoms with E-state index >= 15 is 0 Å². The third-order valence-corrected chi connectivity index (χ3v) is 4.05. The first kappa shape index (κ1) is 14.1. The van der Waals surface area contributed by atoms with Crippen LogP contribution in [0.5, 0.6) is 0 Å². The highest BCUT2D eigenvalue weighted by Crippen LogP contribution is 2.27. The molecule has 0 fully saturated rings. The van der Waals surface area contributed by atoms with Gasteiger partial charge in [-0.3, -0.25) is 4.79 Å². The second-order valence-electron chi connectivity index (χ2n) is 5.40. The normalized spacial score (nSPS) is 11.0. The third-order valence-electron chi connectivity index (χ3n) is 4.05. The summed E-state index contributed by atoms with van der Waals surface area (Å²) >= 11 is 0. The van der Waals surface area contributed by atoms with Crippen LogP contribution in [-0.4, -0.2) is 20.2 Å². The highest BCUT2D eigenvalue weighted by atomic mass is 16.1. The second-order valence-corrected chi connectivity index (χ2v) is 5.40. The number of aromatic amines is 2. The molecule has 0 aliphatic heterocycles. The van der Waals surface area contributed by atoms with Crippen LogP contribution >= 0.6 is 0 Å². The quantitative estimate of drug-likeness (QED) is 0.520. The number of rotatable bonds is 2. The molecular formula is C17H12N6O. The van der Waals surface area contributed by atoms with Crippen LogP contribution in [0.3, 0.4) is 0 Å².